The maximum atomic E-state index is 12.6. The lowest BCUT2D eigenvalue weighted by Gasteiger charge is -2.17. The summed E-state index contributed by atoms with van der Waals surface area (Å²) in [5.41, 5.74) is 2.15. The number of rotatable bonds is 5. The number of nitrogens with zero attached hydrogens (tertiary/aromatic N) is 1. The number of nitrogens with one attached hydrogen (secondary N) is 2. The average molecular weight is 400 g/mol. The number of hydrogen-bond donors (Lipinski definition) is 2. The van der Waals surface area contributed by atoms with Gasteiger partial charge in [0, 0.05) is 11.4 Å². The van der Waals surface area contributed by atoms with E-state index in [2.05, 4.69) is 22.2 Å². The quantitative estimate of drug-likeness (QED) is 0.508. The lowest BCUT2D eigenvalue weighted by atomic mass is 9.89. The summed E-state index contributed by atoms with van der Waals surface area (Å²) in [6.07, 6.45) is 3.10. The van der Waals surface area contributed by atoms with Crippen LogP contribution in [0.5, 0.6) is 0 Å². The van der Waals surface area contributed by atoms with Crippen LogP contribution in [0, 0.1) is 5.92 Å². The average Bonchev–Trinajstić information content (AvgIpc) is 3.03. The molecule has 0 radical (unpaired) electrons. The predicted molar refractivity (Wildman–Crippen MR) is 110 cm³/mol. The van der Waals surface area contributed by atoms with Gasteiger partial charge >= 0.3 is 0 Å². The van der Waals surface area contributed by atoms with Crippen LogP contribution in [0.2, 0.25) is 0 Å². The summed E-state index contributed by atoms with van der Waals surface area (Å²) < 4.78 is 0. The third-order valence-electron chi connectivity index (χ3n) is 4.82. The molecule has 1 atom stereocenters. The van der Waals surface area contributed by atoms with Gasteiger partial charge in [0.15, 0.2) is 5.16 Å². The third-order valence-corrected chi connectivity index (χ3v) is 6.84. The number of carbonyl (C=O) groups excluding carboxylic acids is 1. The minimum Gasteiger partial charge on any atom is -0.351 e. The van der Waals surface area contributed by atoms with Gasteiger partial charge in [-0.3, -0.25) is 9.59 Å². The second kappa shape index (κ2) is 7.86. The zero-order valence-corrected chi connectivity index (χ0v) is 16.7. The number of H-pyrrole nitrogens is 1. The Labute approximate surface area is 165 Å². The number of hydrogen-bond acceptors (Lipinski definition) is 5. The smallest absolute Gasteiger partial charge is 0.260 e. The number of benzene rings is 1. The summed E-state index contributed by atoms with van der Waals surface area (Å²) >= 11 is 2.90. The number of fused-ring (bicyclic) bond motifs is 3. The van der Waals surface area contributed by atoms with Crippen molar-refractivity contribution in [2.45, 2.75) is 37.9 Å². The van der Waals surface area contributed by atoms with Crippen molar-refractivity contribution in [1.29, 1.82) is 0 Å². The van der Waals surface area contributed by atoms with E-state index in [9.17, 15) is 9.59 Å². The second-order valence-electron chi connectivity index (χ2n) is 6.95. The summed E-state index contributed by atoms with van der Waals surface area (Å²) in [6, 6.07) is 9.78. The monoisotopic (exact) mass is 399 g/mol. The summed E-state index contributed by atoms with van der Waals surface area (Å²) in [4.78, 5) is 34.2. The van der Waals surface area contributed by atoms with E-state index in [0.29, 0.717) is 17.6 Å². The Hall–Kier alpha value is -2.12. The maximum Gasteiger partial charge on any atom is 0.260 e. The van der Waals surface area contributed by atoms with Crippen LogP contribution in [0.4, 0.5) is 0 Å². The van der Waals surface area contributed by atoms with Crippen LogP contribution >= 0.6 is 23.1 Å². The van der Waals surface area contributed by atoms with Gasteiger partial charge in [0.1, 0.15) is 4.83 Å². The molecule has 2 N–H and O–H groups in total. The van der Waals surface area contributed by atoms with Crippen molar-refractivity contribution < 1.29 is 4.79 Å². The van der Waals surface area contributed by atoms with Gasteiger partial charge in [-0.2, -0.15) is 0 Å². The van der Waals surface area contributed by atoms with Gasteiger partial charge in [-0.1, -0.05) is 49.0 Å². The van der Waals surface area contributed by atoms with Crippen LogP contribution < -0.4 is 10.9 Å². The van der Waals surface area contributed by atoms with Crippen molar-refractivity contribution in [2.75, 3.05) is 5.75 Å². The fraction of sp³-hybridized carbons (Fsp3) is 0.350. The van der Waals surface area contributed by atoms with Crippen molar-refractivity contribution in [3.63, 3.8) is 0 Å². The molecule has 140 valence electrons. The molecule has 1 aliphatic rings. The second-order valence-corrected chi connectivity index (χ2v) is 9.00. The van der Waals surface area contributed by atoms with Crippen molar-refractivity contribution in [1.82, 2.24) is 15.3 Å². The number of amides is 1. The first-order valence-corrected chi connectivity index (χ1v) is 10.9. The van der Waals surface area contributed by atoms with Gasteiger partial charge in [-0.15, -0.1) is 11.3 Å². The van der Waals surface area contributed by atoms with Gasteiger partial charge in [0.25, 0.3) is 5.56 Å². The molecule has 1 aliphatic carbocycles. The first-order valence-electron chi connectivity index (χ1n) is 9.08. The van der Waals surface area contributed by atoms with E-state index in [-0.39, 0.29) is 17.2 Å². The Morgan fingerprint density at radius 1 is 1.37 bits per heavy atom. The van der Waals surface area contributed by atoms with E-state index in [1.54, 1.807) is 11.3 Å². The molecular formula is C20H21N3O2S2. The highest BCUT2D eigenvalue weighted by atomic mass is 32.2. The van der Waals surface area contributed by atoms with Crippen molar-refractivity contribution in [2.24, 2.45) is 5.92 Å². The molecule has 7 heteroatoms. The van der Waals surface area contributed by atoms with Crippen LogP contribution in [0.25, 0.3) is 10.2 Å². The van der Waals surface area contributed by atoms with E-state index in [0.717, 1.165) is 35.0 Å². The minimum absolute atomic E-state index is 0.0779. The van der Waals surface area contributed by atoms with Gasteiger partial charge in [0.2, 0.25) is 5.91 Å². The van der Waals surface area contributed by atoms with Crippen molar-refractivity contribution >= 4 is 39.2 Å². The summed E-state index contributed by atoms with van der Waals surface area (Å²) in [6.45, 7) is 2.75. The van der Waals surface area contributed by atoms with Gasteiger partial charge in [-0.25, -0.2) is 4.98 Å². The predicted octanol–water partition coefficient (Wildman–Crippen LogP) is 3.52. The van der Waals surface area contributed by atoms with Crippen LogP contribution in [0.3, 0.4) is 0 Å². The minimum atomic E-state index is -0.0840. The Bertz CT molecular complexity index is 1030. The number of thioether (sulfide) groups is 1. The summed E-state index contributed by atoms with van der Waals surface area (Å²) in [5, 5.41) is 4.15. The number of aromatic nitrogens is 2. The van der Waals surface area contributed by atoms with Gasteiger partial charge in [-0.05, 0) is 36.3 Å². The third kappa shape index (κ3) is 4.09. The molecule has 0 saturated heterocycles. The summed E-state index contributed by atoms with van der Waals surface area (Å²) in [7, 11) is 0. The molecule has 0 aliphatic heterocycles. The normalized spacial score (nSPS) is 16.3. The summed E-state index contributed by atoms with van der Waals surface area (Å²) in [5.74, 6) is 0.807. The fourth-order valence-electron chi connectivity index (χ4n) is 3.38. The van der Waals surface area contributed by atoms with Crippen molar-refractivity contribution in [3.05, 3.63) is 56.7 Å². The fourth-order valence-corrected chi connectivity index (χ4v) is 5.51. The van der Waals surface area contributed by atoms with E-state index in [4.69, 9.17) is 0 Å². The largest absolute Gasteiger partial charge is 0.351 e. The Morgan fingerprint density at radius 3 is 3.00 bits per heavy atom. The molecule has 1 amide bonds. The molecule has 2 aromatic heterocycles. The number of thiophene rings is 1. The molecule has 3 aromatic rings. The van der Waals surface area contributed by atoms with E-state index >= 15 is 0 Å². The number of aryl methyl sites for hydroxylation is 1. The van der Waals surface area contributed by atoms with Gasteiger partial charge in [0.05, 0.1) is 11.1 Å². The standard InChI is InChI=1S/C20H21N3O2S2/c1-12-7-8-14-15(9-12)27-19-17(14)18(25)22-20(23-19)26-11-16(24)21-10-13-5-3-2-4-6-13/h2-6,12H,7-11H2,1H3,(H,21,24)(H,22,23,25)/t12-/m0/s1. The highest BCUT2D eigenvalue weighted by Crippen LogP contribution is 2.36. The molecule has 5 nitrogen and oxygen atoms in total. The van der Waals surface area contributed by atoms with E-state index in [1.165, 1.54) is 22.2 Å². The van der Waals surface area contributed by atoms with Crippen molar-refractivity contribution in [3.8, 4) is 0 Å². The maximum absolute atomic E-state index is 12.6. The molecule has 0 unspecified atom stereocenters. The molecule has 0 saturated carbocycles. The topological polar surface area (TPSA) is 74.8 Å². The van der Waals surface area contributed by atoms with Crippen LogP contribution in [0.1, 0.15) is 29.3 Å². The van der Waals surface area contributed by atoms with E-state index in [1.807, 2.05) is 30.3 Å². The van der Waals surface area contributed by atoms with Crippen LogP contribution in [-0.4, -0.2) is 21.6 Å². The van der Waals surface area contributed by atoms with Crippen LogP contribution in [-0.2, 0) is 24.2 Å². The molecule has 0 bridgehead atoms. The van der Waals surface area contributed by atoms with Gasteiger partial charge < -0.3 is 10.3 Å². The molecule has 0 fully saturated rings. The lowest BCUT2D eigenvalue weighted by molar-refractivity contribution is -0.118. The Balaban J connectivity index is 1.43. The molecular weight excluding hydrogens is 378 g/mol. The number of aromatic amines is 1. The molecule has 27 heavy (non-hydrogen) atoms. The number of carbonyl (C=O) groups is 1. The SMILES string of the molecule is C[C@H]1CCc2c(sc3nc(SCC(=O)NCc4ccccc4)[nH]c(=O)c23)C1. The van der Waals surface area contributed by atoms with Crippen LogP contribution in [0.15, 0.2) is 40.3 Å². The molecule has 1 aromatic carbocycles. The highest BCUT2D eigenvalue weighted by Gasteiger charge is 2.23. The lowest BCUT2D eigenvalue weighted by Crippen LogP contribution is -2.24. The molecule has 4 rings (SSSR count). The zero-order valence-electron chi connectivity index (χ0n) is 15.1. The molecule has 0 spiro atoms. The molecule has 2 heterocycles. The van der Waals surface area contributed by atoms with E-state index < -0.39 is 0 Å². The first kappa shape index (κ1) is 18.3. The first-order chi connectivity index (χ1) is 13.1. The Morgan fingerprint density at radius 2 is 2.19 bits per heavy atom. The zero-order chi connectivity index (χ0) is 18.8. The Kier molecular flexibility index (Phi) is 5.31. The highest BCUT2D eigenvalue weighted by molar-refractivity contribution is 7.99.